The first-order valence-electron chi connectivity index (χ1n) is 6.52. The number of carboxylic acid groups (broad SMARTS) is 4. The van der Waals surface area contributed by atoms with E-state index in [1.54, 1.807) is 0 Å². The van der Waals surface area contributed by atoms with Crippen LogP contribution in [0.25, 0.3) is 0 Å². The summed E-state index contributed by atoms with van der Waals surface area (Å²) in [4.78, 5) is 40.5. The van der Waals surface area contributed by atoms with Crippen LogP contribution in [0.3, 0.4) is 0 Å². The number of nitrogens with two attached hydrogens (primary N) is 2. The van der Waals surface area contributed by atoms with E-state index in [1.807, 2.05) is 0 Å². The van der Waals surface area contributed by atoms with E-state index in [1.165, 1.54) is 0 Å². The largest absolute Gasteiger partial charge is 1.00 e. The summed E-state index contributed by atoms with van der Waals surface area (Å²) in [5, 5.41) is 43.8. The Morgan fingerprint density at radius 2 is 1.42 bits per heavy atom. The number of carbonyl (C=O) groups excluding carboxylic acids is 1. The molecule has 0 rings (SSSR count). The molecule has 0 aromatic carbocycles. The van der Waals surface area contributed by atoms with Crippen molar-refractivity contribution >= 4 is 23.9 Å². The van der Waals surface area contributed by atoms with Gasteiger partial charge in [0, 0.05) is 6.04 Å². The van der Waals surface area contributed by atoms with Gasteiger partial charge in [-0.1, -0.05) is 6.42 Å². The standard InChI is InChI=1S/C6H14N2O2.C6H8O7.Na/c7-4-2-1-3-5(8)6(9)10;7-3(8)1-6(13,5(11)12)2-4(9)10;/h5H,1-4,7-8H2,(H,9,10);13H,1-2H2,(H,7,8)(H,9,10)(H,11,12);/q;;+1/p-1/t5-;;/m0../s1. The number of aliphatic carboxylic acids is 4. The molecule has 0 spiro atoms. The van der Waals surface area contributed by atoms with Crippen LogP contribution in [-0.2, 0) is 19.2 Å². The Hall–Kier alpha value is -1.24. The van der Waals surface area contributed by atoms with Gasteiger partial charge in [0.05, 0.1) is 18.8 Å². The molecule has 12 heteroatoms. The molecule has 0 heterocycles. The Morgan fingerprint density at radius 1 is 1.00 bits per heavy atom. The fraction of sp³-hybridized carbons (Fsp3) is 0.667. The molecule has 8 N–H and O–H groups in total. The molecule has 0 bridgehead atoms. The van der Waals surface area contributed by atoms with Crippen LogP contribution in [0.1, 0.15) is 32.1 Å². The second-order valence-electron chi connectivity index (χ2n) is 4.69. The Morgan fingerprint density at radius 3 is 1.67 bits per heavy atom. The molecule has 0 saturated carbocycles. The van der Waals surface area contributed by atoms with Gasteiger partial charge >= 0.3 is 47.5 Å². The van der Waals surface area contributed by atoms with Crippen molar-refractivity contribution in [3.05, 3.63) is 0 Å². The quantitative estimate of drug-likeness (QED) is 0.159. The minimum atomic E-state index is -2.74. The van der Waals surface area contributed by atoms with Crippen LogP contribution in [0.2, 0.25) is 0 Å². The van der Waals surface area contributed by atoms with Gasteiger partial charge in [0.25, 0.3) is 0 Å². The van der Waals surface area contributed by atoms with Crippen LogP contribution in [0.5, 0.6) is 0 Å². The molecule has 0 aromatic heterocycles. The zero-order valence-electron chi connectivity index (χ0n) is 13.3. The van der Waals surface area contributed by atoms with Crippen molar-refractivity contribution in [2.45, 2.75) is 43.7 Å². The van der Waals surface area contributed by atoms with Crippen molar-refractivity contribution < 1.29 is 74.3 Å². The average molecular weight is 360 g/mol. The summed E-state index contributed by atoms with van der Waals surface area (Å²) in [6.45, 7) is 0.583. The van der Waals surface area contributed by atoms with E-state index in [4.69, 9.17) is 31.9 Å². The van der Waals surface area contributed by atoms with Crippen molar-refractivity contribution in [2.75, 3.05) is 6.54 Å². The van der Waals surface area contributed by atoms with Crippen LogP contribution in [0.15, 0.2) is 0 Å². The predicted molar refractivity (Wildman–Crippen MR) is 73.0 cm³/mol. The number of hydrogen-bond acceptors (Lipinski definition) is 8. The Bertz CT molecular complexity index is 415. The van der Waals surface area contributed by atoms with Crippen molar-refractivity contribution in [2.24, 2.45) is 11.5 Å². The van der Waals surface area contributed by atoms with E-state index in [-0.39, 0.29) is 29.6 Å². The summed E-state index contributed by atoms with van der Waals surface area (Å²) in [6.07, 6.45) is -0.255. The van der Waals surface area contributed by atoms with Gasteiger partial charge in [-0.2, -0.15) is 0 Å². The molecule has 0 aromatic rings. The molecular weight excluding hydrogens is 339 g/mol. The fourth-order valence-corrected chi connectivity index (χ4v) is 1.34. The van der Waals surface area contributed by atoms with E-state index in [2.05, 4.69) is 0 Å². The van der Waals surface area contributed by atoms with Crippen LogP contribution < -0.4 is 46.1 Å². The third-order valence-corrected chi connectivity index (χ3v) is 2.56. The maximum absolute atomic E-state index is 10.3. The molecule has 24 heavy (non-hydrogen) atoms. The molecule has 0 saturated heterocycles. The first kappa shape index (κ1) is 27.6. The Balaban J connectivity index is -0.000000364. The van der Waals surface area contributed by atoms with Crippen LogP contribution in [0, 0.1) is 0 Å². The molecule has 0 fully saturated rings. The van der Waals surface area contributed by atoms with Gasteiger partial charge in [-0.3, -0.25) is 9.59 Å². The summed E-state index contributed by atoms with van der Waals surface area (Å²) in [5.74, 6) is -6.20. The van der Waals surface area contributed by atoms with Crippen molar-refractivity contribution in [1.29, 1.82) is 0 Å². The van der Waals surface area contributed by atoms with Crippen LogP contribution in [-0.4, -0.2) is 62.5 Å². The van der Waals surface area contributed by atoms with Crippen LogP contribution >= 0.6 is 0 Å². The van der Waals surface area contributed by atoms with Gasteiger partial charge in [-0.25, -0.2) is 4.79 Å². The third-order valence-electron chi connectivity index (χ3n) is 2.56. The van der Waals surface area contributed by atoms with Gasteiger partial charge in [0.1, 0.15) is 0 Å². The maximum Gasteiger partial charge on any atom is 1.00 e. The summed E-state index contributed by atoms with van der Waals surface area (Å²) < 4.78 is 0. The number of unbranched alkanes of at least 4 members (excludes halogenated alkanes) is 1. The molecular formula is C12H21N2NaO9. The second-order valence-corrected chi connectivity index (χ2v) is 4.69. The summed E-state index contributed by atoms with van der Waals surface area (Å²) in [6, 6.07) is -0.827. The first-order valence-corrected chi connectivity index (χ1v) is 6.52. The van der Waals surface area contributed by atoms with Gasteiger partial charge in [-0.05, 0) is 19.4 Å². The van der Waals surface area contributed by atoms with E-state index >= 15 is 0 Å². The Kier molecular flexibility index (Phi) is 16.3. The van der Waals surface area contributed by atoms with Gasteiger partial charge in [-0.15, -0.1) is 0 Å². The molecule has 0 aliphatic carbocycles. The van der Waals surface area contributed by atoms with Crippen molar-refractivity contribution in [1.82, 2.24) is 0 Å². The zero-order chi connectivity index (χ0) is 18.6. The predicted octanol–water partition coefficient (Wildman–Crippen LogP) is -6.05. The normalized spacial score (nSPS) is 11.3. The monoisotopic (exact) mass is 360 g/mol. The Labute approximate surface area is 159 Å². The van der Waals surface area contributed by atoms with Crippen molar-refractivity contribution in [3.8, 4) is 0 Å². The molecule has 0 amide bonds. The van der Waals surface area contributed by atoms with Gasteiger partial charge < -0.3 is 41.8 Å². The number of aliphatic hydroxyl groups is 1. The smallest absolute Gasteiger partial charge is 0.548 e. The average Bonchev–Trinajstić information content (AvgIpc) is 2.37. The fourth-order valence-electron chi connectivity index (χ4n) is 1.34. The van der Waals surface area contributed by atoms with E-state index in [9.17, 15) is 24.3 Å². The number of carbonyl (C=O) groups is 4. The van der Waals surface area contributed by atoms with E-state index < -0.39 is 48.4 Å². The maximum atomic E-state index is 10.3. The van der Waals surface area contributed by atoms with Gasteiger partial charge in [0.15, 0.2) is 5.60 Å². The number of carboxylic acids is 4. The first-order chi connectivity index (χ1) is 10.5. The number of hydrogen-bond donors (Lipinski definition) is 6. The summed E-state index contributed by atoms with van der Waals surface area (Å²) >= 11 is 0. The molecule has 0 radical (unpaired) electrons. The minimum absolute atomic E-state index is 0. The molecule has 1 atom stereocenters. The molecule has 11 nitrogen and oxygen atoms in total. The van der Waals surface area contributed by atoms with E-state index in [0.29, 0.717) is 13.0 Å². The van der Waals surface area contributed by atoms with Gasteiger partial charge in [0.2, 0.25) is 0 Å². The molecule has 0 aliphatic rings. The SMILES string of the molecule is NCCCC[C@H](N)C(=O)[O-].O=C(O)CC(O)(CC(=O)O)C(=O)O.[Na+]. The molecule has 0 aliphatic heterocycles. The van der Waals surface area contributed by atoms with Crippen LogP contribution in [0.4, 0.5) is 0 Å². The second kappa shape index (κ2) is 14.1. The summed E-state index contributed by atoms with van der Waals surface area (Å²) in [5.41, 5.74) is 7.60. The van der Waals surface area contributed by atoms with Crippen molar-refractivity contribution in [3.63, 3.8) is 0 Å². The third kappa shape index (κ3) is 14.4. The number of rotatable bonds is 10. The molecule has 0 unspecified atom stereocenters. The topological polar surface area (TPSA) is 224 Å². The summed E-state index contributed by atoms with van der Waals surface area (Å²) in [7, 11) is 0. The van der Waals surface area contributed by atoms with E-state index in [0.717, 1.165) is 12.8 Å². The molecule has 134 valence electrons. The zero-order valence-corrected chi connectivity index (χ0v) is 15.3. The minimum Gasteiger partial charge on any atom is -0.548 e.